The first-order valence-corrected chi connectivity index (χ1v) is 8.52. The van der Waals surface area contributed by atoms with E-state index < -0.39 is 16.9 Å². The van der Waals surface area contributed by atoms with E-state index in [0.29, 0.717) is 23.9 Å². The van der Waals surface area contributed by atoms with Gasteiger partial charge < -0.3 is 9.47 Å². The number of non-ortho nitro benzene ring substituents is 1. The number of fused-ring (bicyclic) bond motifs is 1. The average Bonchev–Trinajstić information content (AvgIpc) is 3.09. The Morgan fingerprint density at radius 3 is 2.93 bits per heavy atom. The molecule has 0 bridgehead atoms. The van der Waals surface area contributed by atoms with Gasteiger partial charge in [-0.25, -0.2) is 0 Å². The molecule has 9 nitrogen and oxygen atoms in total. The molecule has 27 heavy (non-hydrogen) atoms. The Bertz CT molecular complexity index is 885. The van der Waals surface area contributed by atoms with Crippen molar-refractivity contribution in [1.82, 2.24) is 9.88 Å². The van der Waals surface area contributed by atoms with Gasteiger partial charge in [-0.3, -0.25) is 29.6 Å². The van der Waals surface area contributed by atoms with Crippen molar-refractivity contribution in [2.75, 3.05) is 19.9 Å². The van der Waals surface area contributed by atoms with Crippen molar-refractivity contribution in [1.29, 1.82) is 0 Å². The van der Waals surface area contributed by atoms with E-state index in [2.05, 4.69) is 4.98 Å². The van der Waals surface area contributed by atoms with E-state index in [1.165, 1.54) is 25.3 Å². The van der Waals surface area contributed by atoms with Gasteiger partial charge in [0.15, 0.2) is 0 Å². The number of carbonyl (C=O) groups is 2. The van der Waals surface area contributed by atoms with Crippen LogP contribution >= 0.6 is 0 Å². The Balaban J connectivity index is 1.66. The highest BCUT2D eigenvalue weighted by atomic mass is 16.7. The summed E-state index contributed by atoms with van der Waals surface area (Å²) in [5.41, 5.74) is 0.245. The summed E-state index contributed by atoms with van der Waals surface area (Å²) >= 11 is 0. The Labute approximate surface area is 155 Å². The van der Waals surface area contributed by atoms with Gasteiger partial charge in [0.05, 0.1) is 16.9 Å². The highest BCUT2D eigenvalue weighted by molar-refractivity contribution is 5.92. The van der Waals surface area contributed by atoms with Gasteiger partial charge in [-0.1, -0.05) is 0 Å². The third kappa shape index (κ3) is 4.20. The number of esters is 1. The number of carbonyl (C=O) groups excluding carboxylic acids is 2. The molecule has 0 N–H and O–H groups in total. The topological polar surface area (TPSA) is 112 Å². The summed E-state index contributed by atoms with van der Waals surface area (Å²) in [6.07, 6.45) is 2.96. The number of likely N-dealkylation sites (tertiary alicyclic amines) is 1. The molecule has 2 aromatic rings. The summed E-state index contributed by atoms with van der Waals surface area (Å²) in [6, 6.07) is 5.48. The zero-order chi connectivity index (χ0) is 19.4. The minimum Gasteiger partial charge on any atom is -0.455 e. The maximum atomic E-state index is 12.3. The van der Waals surface area contributed by atoms with Gasteiger partial charge in [0.1, 0.15) is 23.1 Å². The predicted molar refractivity (Wildman–Crippen MR) is 95.3 cm³/mol. The van der Waals surface area contributed by atoms with Gasteiger partial charge in [-0.2, -0.15) is 0 Å². The number of hydrogen-bond donors (Lipinski definition) is 0. The first-order valence-electron chi connectivity index (χ1n) is 8.52. The zero-order valence-corrected chi connectivity index (χ0v) is 14.8. The van der Waals surface area contributed by atoms with E-state index in [1.807, 2.05) is 0 Å². The van der Waals surface area contributed by atoms with E-state index in [9.17, 15) is 19.7 Å². The maximum Gasteiger partial charge on any atom is 0.326 e. The number of nitro groups is 1. The van der Waals surface area contributed by atoms with E-state index >= 15 is 0 Å². The quantitative estimate of drug-likeness (QED) is 0.314. The number of nitro benzene ring substituents is 1. The van der Waals surface area contributed by atoms with Crippen LogP contribution in [0.5, 0.6) is 5.75 Å². The van der Waals surface area contributed by atoms with Crippen molar-refractivity contribution in [3.05, 3.63) is 40.6 Å². The predicted octanol–water partition coefficient (Wildman–Crippen LogP) is 2.08. The fraction of sp³-hybridized carbons (Fsp3) is 0.389. The van der Waals surface area contributed by atoms with E-state index in [0.717, 1.165) is 6.42 Å². The summed E-state index contributed by atoms with van der Waals surface area (Å²) < 4.78 is 10.7. The molecule has 1 aromatic heterocycles. The Morgan fingerprint density at radius 1 is 1.37 bits per heavy atom. The molecule has 1 saturated heterocycles. The smallest absolute Gasteiger partial charge is 0.326 e. The molecule has 1 aliphatic rings. The Hall–Kier alpha value is -3.07. The molecule has 2 heterocycles. The van der Waals surface area contributed by atoms with Gasteiger partial charge in [0, 0.05) is 12.3 Å². The van der Waals surface area contributed by atoms with Crippen LogP contribution in [-0.4, -0.2) is 52.5 Å². The summed E-state index contributed by atoms with van der Waals surface area (Å²) in [4.78, 5) is 40.1. The highest BCUT2D eigenvalue weighted by Gasteiger charge is 2.32. The molecule has 1 atom stereocenters. The second-order valence-corrected chi connectivity index (χ2v) is 6.30. The van der Waals surface area contributed by atoms with Gasteiger partial charge in [0.25, 0.3) is 5.69 Å². The second kappa shape index (κ2) is 8.09. The lowest BCUT2D eigenvalue weighted by Crippen LogP contribution is -2.40. The van der Waals surface area contributed by atoms with Crippen molar-refractivity contribution in [3.63, 3.8) is 0 Å². The van der Waals surface area contributed by atoms with Gasteiger partial charge >= 0.3 is 5.97 Å². The fourth-order valence-corrected chi connectivity index (χ4v) is 3.22. The van der Waals surface area contributed by atoms with Crippen LogP contribution in [0.4, 0.5) is 5.69 Å². The van der Waals surface area contributed by atoms with E-state index in [-0.39, 0.29) is 30.6 Å². The van der Waals surface area contributed by atoms with Crippen LogP contribution in [0, 0.1) is 10.1 Å². The first-order chi connectivity index (χ1) is 13.0. The number of ketones is 1. The lowest BCUT2D eigenvalue weighted by atomic mass is 10.1. The average molecular weight is 373 g/mol. The molecule has 0 saturated carbocycles. The SMILES string of the molecule is CC(=O)CN1CCC[C@@H]1C(=O)OCOc1ccc([N+](=O)[O-])c2cccnc12. The Kier molecular flexibility index (Phi) is 5.60. The fourth-order valence-electron chi connectivity index (χ4n) is 3.22. The van der Waals surface area contributed by atoms with Crippen LogP contribution in [-0.2, 0) is 14.3 Å². The second-order valence-electron chi connectivity index (χ2n) is 6.30. The molecule has 142 valence electrons. The van der Waals surface area contributed by atoms with Crippen molar-refractivity contribution < 1.29 is 24.0 Å². The molecule has 9 heteroatoms. The number of hydrogen-bond acceptors (Lipinski definition) is 8. The zero-order valence-electron chi connectivity index (χ0n) is 14.8. The molecule has 0 spiro atoms. The van der Waals surface area contributed by atoms with Gasteiger partial charge in [-0.05, 0) is 44.5 Å². The van der Waals surface area contributed by atoms with Crippen LogP contribution in [0.15, 0.2) is 30.5 Å². The number of aromatic nitrogens is 1. The summed E-state index contributed by atoms with van der Waals surface area (Å²) in [5.74, 6) is -0.168. The monoisotopic (exact) mass is 373 g/mol. The molecule has 0 amide bonds. The third-order valence-corrected chi connectivity index (χ3v) is 4.38. The molecule has 1 fully saturated rings. The minimum atomic E-state index is -0.489. The van der Waals surface area contributed by atoms with Crippen LogP contribution in [0.3, 0.4) is 0 Å². The minimum absolute atomic E-state index is 0.00521. The lowest BCUT2D eigenvalue weighted by Gasteiger charge is -2.21. The normalized spacial score (nSPS) is 17.0. The third-order valence-electron chi connectivity index (χ3n) is 4.38. The number of benzene rings is 1. The van der Waals surface area contributed by atoms with Crippen LogP contribution in [0.25, 0.3) is 10.9 Å². The van der Waals surface area contributed by atoms with Crippen LogP contribution in [0.2, 0.25) is 0 Å². The van der Waals surface area contributed by atoms with Gasteiger partial charge in [0.2, 0.25) is 6.79 Å². The van der Waals surface area contributed by atoms with Crippen LogP contribution < -0.4 is 4.74 Å². The summed E-state index contributed by atoms with van der Waals surface area (Å²) in [6.45, 7) is 2.04. The van der Waals surface area contributed by atoms with E-state index in [4.69, 9.17) is 9.47 Å². The van der Waals surface area contributed by atoms with E-state index in [1.54, 1.807) is 17.0 Å². The lowest BCUT2D eigenvalue weighted by molar-refractivity contribution is -0.383. The molecule has 1 aromatic carbocycles. The first kappa shape index (κ1) is 18.7. The highest BCUT2D eigenvalue weighted by Crippen LogP contribution is 2.31. The Morgan fingerprint density at radius 2 is 2.19 bits per heavy atom. The molecular formula is C18H19N3O6. The number of rotatable bonds is 7. The standard InChI is InChI=1S/C18H19N3O6/c1-12(22)10-20-9-3-5-15(20)18(23)27-11-26-16-7-6-14(21(24)25)13-4-2-8-19-17(13)16/h2,4,6-8,15H,3,5,9-11H2,1H3/t15-/m1/s1. The molecule has 0 aliphatic carbocycles. The molecular weight excluding hydrogens is 354 g/mol. The largest absolute Gasteiger partial charge is 0.455 e. The van der Waals surface area contributed by atoms with Crippen LogP contribution in [0.1, 0.15) is 19.8 Å². The summed E-state index contributed by atoms with van der Waals surface area (Å²) in [7, 11) is 0. The number of nitrogens with zero attached hydrogens (tertiary/aromatic N) is 3. The number of pyridine rings is 1. The van der Waals surface area contributed by atoms with Gasteiger partial charge in [-0.15, -0.1) is 0 Å². The maximum absolute atomic E-state index is 12.3. The number of ether oxygens (including phenoxy) is 2. The van der Waals surface area contributed by atoms with Crippen molar-refractivity contribution in [2.24, 2.45) is 0 Å². The van der Waals surface area contributed by atoms with Crippen molar-refractivity contribution in [2.45, 2.75) is 25.8 Å². The molecule has 3 rings (SSSR count). The van der Waals surface area contributed by atoms with Crippen molar-refractivity contribution in [3.8, 4) is 5.75 Å². The summed E-state index contributed by atoms with van der Waals surface area (Å²) in [5, 5.41) is 11.5. The number of Topliss-reactive ketones (excluding diaryl/α,β-unsaturated/α-hetero) is 1. The molecule has 0 radical (unpaired) electrons. The molecule has 0 unspecified atom stereocenters. The van der Waals surface area contributed by atoms with Crippen molar-refractivity contribution >= 4 is 28.3 Å². The molecule has 1 aliphatic heterocycles.